The molecule has 7 nitrogen and oxygen atoms in total. The molecule has 182 valence electrons. The summed E-state index contributed by atoms with van der Waals surface area (Å²) < 4.78 is 60.7. The lowest BCUT2D eigenvalue weighted by molar-refractivity contribution is 0.221. The summed E-state index contributed by atoms with van der Waals surface area (Å²) in [5.41, 5.74) is 7.57. The first-order chi connectivity index (χ1) is 16.0. The molecule has 0 saturated carbocycles. The fourth-order valence-electron chi connectivity index (χ4n) is 3.14. The molecule has 0 fully saturated rings. The van der Waals surface area contributed by atoms with Gasteiger partial charge in [-0.25, -0.2) is 22.2 Å². The second-order valence-electron chi connectivity index (χ2n) is 7.93. The van der Waals surface area contributed by atoms with Crippen LogP contribution >= 0.6 is 11.6 Å². The molecule has 0 saturated heterocycles. The highest BCUT2D eigenvalue weighted by atomic mass is 35.5. The van der Waals surface area contributed by atoms with E-state index in [4.69, 9.17) is 22.1 Å². The number of hydrogen-bond acceptors (Lipinski definition) is 6. The van der Waals surface area contributed by atoms with Crippen LogP contribution in [-0.2, 0) is 10.0 Å². The summed E-state index contributed by atoms with van der Waals surface area (Å²) in [6, 6.07) is 10.2. The zero-order chi connectivity index (χ0) is 25.0. The second kappa shape index (κ2) is 10.5. The van der Waals surface area contributed by atoms with Gasteiger partial charge in [-0.3, -0.25) is 4.72 Å². The third-order valence-electron chi connectivity index (χ3n) is 4.97. The highest BCUT2D eigenvalue weighted by Gasteiger charge is 2.21. The summed E-state index contributed by atoms with van der Waals surface area (Å²) in [6.07, 6.45) is 0.584. The van der Waals surface area contributed by atoms with Crippen LogP contribution in [0.2, 0.25) is 5.02 Å². The van der Waals surface area contributed by atoms with Crippen LogP contribution in [0.15, 0.2) is 48.7 Å². The number of nitrogens with one attached hydrogen (secondary N) is 1. The van der Waals surface area contributed by atoms with Crippen molar-refractivity contribution in [3.05, 3.63) is 70.9 Å². The Morgan fingerprint density at radius 1 is 1.12 bits per heavy atom. The quantitative estimate of drug-likeness (QED) is 0.405. The van der Waals surface area contributed by atoms with E-state index in [9.17, 15) is 17.2 Å². The summed E-state index contributed by atoms with van der Waals surface area (Å²) in [4.78, 5) is 5.91. The number of rotatable bonds is 9. The largest absolute Gasteiger partial charge is 0.482 e. The highest BCUT2D eigenvalue weighted by Crippen LogP contribution is 2.35. The Labute approximate surface area is 202 Å². The van der Waals surface area contributed by atoms with E-state index in [2.05, 4.69) is 9.71 Å². The number of nitrogen functional groups attached to an aromatic ring is 1. The minimum atomic E-state index is -3.48. The number of nitrogens with two attached hydrogens (primary N) is 1. The van der Waals surface area contributed by atoms with Crippen molar-refractivity contribution in [2.45, 2.75) is 13.0 Å². The second-order valence-corrected chi connectivity index (χ2v) is 10.1. The molecule has 34 heavy (non-hydrogen) atoms. The molecule has 0 aliphatic heterocycles. The van der Waals surface area contributed by atoms with Crippen LogP contribution < -0.4 is 15.2 Å². The normalized spacial score (nSPS) is 12.6. The third-order valence-corrected chi connectivity index (χ3v) is 6.62. The molecule has 0 bridgehead atoms. The molecule has 0 aliphatic rings. The highest BCUT2D eigenvalue weighted by molar-refractivity contribution is 7.92. The molecule has 3 aromatic rings. The van der Waals surface area contributed by atoms with Gasteiger partial charge in [-0.1, -0.05) is 23.7 Å². The van der Waals surface area contributed by atoms with Crippen molar-refractivity contribution in [1.82, 2.24) is 9.88 Å². The summed E-state index contributed by atoms with van der Waals surface area (Å²) in [6.45, 7) is 1.92. The van der Waals surface area contributed by atoms with Crippen molar-refractivity contribution >= 4 is 33.1 Å². The molecule has 2 aromatic carbocycles. The number of aromatic nitrogens is 1. The lowest BCUT2D eigenvalue weighted by atomic mass is 10.1. The molecule has 1 heterocycles. The SMILES string of the molecule is CC(Oc1cc(-c2ccc(NS(=O)(=O)CCN(C)C)cc2)cnc1N)c1c(F)ccc(F)c1Cl. The van der Waals surface area contributed by atoms with Gasteiger partial charge in [-0.15, -0.1) is 0 Å². The van der Waals surface area contributed by atoms with Crippen molar-refractivity contribution in [2.75, 3.05) is 36.8 Å². The lowest BCUT2D eigenvalue weighted by Crippen LogP contribution is -2.26. The smallest absolute Gasteiger partial charge is 0.233 e. The van der Waals surface area contributed by atoms with Gasteiger partial charge in [0.15, 0.2) is 11.6 Å². The number of halogens is 3. The lowest BCUT2D eigenvalue weighted by Gasteiger charge is -2.19. The molecular formula is C23H25ClF2N4O3S. The van der Waals surface area contributed by atoms with Gasteiger partial charge in [0.1, 0.15) is 17.7 Å². The van der Waals surface area contributed by atoms with Gasteiger partial charge in [0.2, 0.25) is 10.0 Å². The maximum atomic E-state index is 14.2. The summed E-state index contributed by atoms with van der Waals surface area (Å²) >= 11 is 5.93. The van der Waals surface area contributed by atoms with Gasteiger partial charge in [-0.05, 0) is 56.9 Å². The Morgan fingerprint density at radius 3 is 2.41 bits per heavy atom. The molecule has 0 amide bonds. The van der Waals surface area contributed by atoms with Crippen LogP contribution in [0.3, 0.4) is 0 Å². The van der Waals surface area contributed by atoms with E-state index < -0.39 is 27.8 Å². The first-order valence-electron chi connectivity index (χ1n) is 10.3. The molecule has 1 unspecified atom stereocenters. The number of pyridine rings is 1. The van der Waals surface area contributed by atoms with Crippen molar-refractivity contribution in [2.24, 2.45) is 0 Å². The van der Waals surface area contributed by atoms with E-state index in [1.54, 1.807) is 49.3 Å². The number of benzene rings is 2. The third kappa shape index (κ3) is 6.34. The summed E-state index contributed by atoms with van der Waals surface area (Å²) in [5, 5.41) is -0.362. The minimum absolute atomic E-state index is 0.0293. The van der Waals surface area contributed by atoms with Crippen LogP contribution in [0.5, 0.6) is 5.75 Å². The summed E-state index contributed by atoms with van der Waals surface area (Å²) in [5.74, 6) is -1.26. The van der Waals surface area contributed by atoms with E-state index in [0.717, 1.165) is 17.7 Å². The molecule has 3 rings (SSSR count). The summed E-state index contributed by atoms with van der Waals surface area (Å²) in [7, 11) is 0.119. The minimum Gasteiger partial charge on any atom is -0.482 e. The van der Waals surface area contributed by atoms with E-state index in [1.165, 1.54) is 13.1 Å². The number of anilines is 2. The van der Waals surface area contributed by atoms with Gasteiger partial charge in [-0.2, -0.15) is 0 Å². The Balaban J connectivity index is 1.79. The van der Waals surface area contributed by atoms with Gasteiger partial charge >= 0.3 is 0 Å². The first kappa shape index (κ1) is 25.7. The van der Waals surface area contributed by atoms with E-state index in [-0.39, 0.29) is 27.9 Å². The molecule has 0 aliphatic carbocycles. The van der Waals surface area contributed by atoms with Crippen LogP contribution in [-0.4, -0.2) is 44.7 Å². The fraction of sp³-hybridized carbons (Fsp3) is 0.261. The number of nitrogens with zero attached hydrogens (tertiary/aromatic N) is 2. The molecular weight excluding hydrogens is 486 g/mol. The molecule has 0 spiro atoms. The van der Waals surface area contributed by atoms with Crippen LogP contribution in [0.4, 0.5) is 20.3 Å². The topological polar surface area (TPSA) is 97.5 Å². The van der Waals surface area contributed by atoms with Gasteiger partial charge in [0, 0.05) is 29.6 Å². The van der Waals surface area contributed by atoms with Gasteiger partial charge < -0.3 is 15.4 Å². The fourth-order valence-corrected chi connectivity index (χ4v) is 4.65. The molecule has 11 heteroatoms. The first-order valence-corrected chi connectivity index (χ1v) is 12.3. The Kier molecular flexibility index (Phi) is 7.96. The Morgan fingerprint density at radius 2 is 1.76 bits per heavy atom. The van der Waals surface area contributed by atoms with E-state index in [0.29, 0.717) is 17.8 Å². The monoisotopic (exact) mass is 510 g/mol. The van der Waals surface area contributed by atoms with Crippen molar-refractivity contribution in [3.8, 4) is 16.9 Å². The maximum absolute atomic E-state index is 14.2. The van der Waals surface area contributed by atoms with Crippen LogP contribution in [0.25, 0.3) is 11.1 Å². The van der Waals surface area contributed by atoms with Crippen LogP contribution in [0, 0.1) is 11.6 Å². The molecule has 0 radical (unpaired) electrons. The Hall–Kier alpha value is -2.95. The Bertz CT molecular complexity index is 1270. The zero-order valence-electron chi connectivity index (χ0n) is 18.8. The molecule has 3 N–H and O–H groups in total. The van der Waals surface area contributed by atoms with E-state index >= 15 is 0 Å². The van der Waals surface area contributed by atoms with E-state index in [1.807, 2.05) is 0 Å². The van der Waals surface area contributed by atoms with Crippen LogP contribution in [0.1, 0.15) is 18.6 Å². The van der Waals surface area contributed by atoms with Crippen molar-refractivity contribution < 1.29 is 21.9 Å². The number of ether oxygens (including phenoxy) is 1. The molecule has 1 atom stereocenters. The van der Waals surface area contributed by atoms with Crippen molar-refractivity contribution in [1.29, 1.82) is 0 Å². The predicted molar refractivity (Wildman–Crippen MR) is 130 cm³/mol. The zero-order valence-corrected chi connectivity index (χ0v) is 20.4. The average Bonchev–Trinajstić information content (AvgIpc) is 2.77. The predicted octanol–water partition coefficient (Wildman–Crippen LogP) is 4.71. The van der Waals surface area contributed by atoms with Gasteiger partial charge in [0.25, 0.3) is 0 Å². The number of hydrogen-bond donors (Lipinski definition) is 2. The van der Waals surface area contributed by atoms with Gasteiger partial charge in [0.05, 0.1) is 10.8 Å². The van der Waals surface area contributed by atoms with Crippen molar-refractivity contribution in [3.63, 3.8) is 0 Å². The molecule has 1 aromatic heterocycles. The average molecular weight is 511 g/mol. The standard InChI is InChI=1S/C23H25ClF2N4O3S/c1-14(21-18(25)8-9-19(26)22(21)24)33-20-12-16(13-28-23(20)27)15-4-6-17(7-5-15)29-34(31,32)11-10-30(2)3/h4-9,12-14,29H,10-11H2,1-3H3,(H2,27,28). The number of sulfonamides is 1. The maximum Gasteiger partial charge on any atom is 0.233 e.